The van der Waals surface area contributed by atoms with Gasteiger partial charge in [0.05, 0.1) is 12.9 Å². The van der Waals surface area contributed by atoms with Gasteiger partial charge in [-0.3, -0.25) is 0 Å². The maximum Gasteiger partial charge on any atom is 0.261 e. The van der Waals surface area contributed by atoms with Gasteiger partial charge < -0.3 is 9.30 Å². The Kier molecular flexibility index (Phi) is 5.00. The highest BCUT2D eigenvalue weighted by molar-refractivity contribution is 7.89. The van der Waals surface area contributed by atoms with Crippen LogP contribution < -0.4 is 4.72 Å². The Morgan fingerprint density at radius 1 is 1.29 bits per heavy atom. The van der Waals surface area contributed by atoms with Crippen LogP contribution in [0.15, 0.2) is 35.6 Å². The van der Waals surface area contributed by atoms with Crippen LogP contribution in [0.5, 0.6) is 0 Å². The minimum absolute atomic E-state index is 0.0814. The van der Waals surface area contributed by atoms with E-state index in [0.29, 0.717) is 6.61 Å². The number of imidazole rings is 1. The summed E-state index contributed by atoms with van der Waals surface area (Å²) >= 11 is 5.90. The number of benzene rings is 1. The number of sulfonamides is 1. The summed E-state index contributed by atoms with van der Waals surface area (Å²) in [4.78, 5) is 3.80. The van der Waals surface area contributed by atoms with Gasteiger partial charge in [-0.1, -0.05) is 35.9 Å². The fraction of sp³-hybridized carbons (Fsp3) is 0.308. The molecule has 0 saturated carbocycles. The van der Waals surface area contributed by atoms with Crippen LogP contribution in [0.2, 0.25) is 5.15 Å². The molecule has 0 aliphatic heterocycles. The van der Waals surface area contributed by atoms with Crippen molar-refractivity contribution in [2.75, 3.05) is 7.11 Å². The van der Waals surface area contributed by atoms with Crippen LogP contribution in [0.1, 0.15) is 11.1 Å². The van der Waals surface area contributed by atoms with Crippen LogP contribution in [0.4, 0.5) is 0 Å². The smallest absolute Gasteiger partial charge is 0.261 e. The molecule has 0 fully saturated rings. The number of halogens is 1. The zero-order chi connectivity index (χ0) is 15.5. The number of aromatic nitrogens is 2. The van der Waals surface area contributed by atoms with Crippen molar-refractivity contribution >= 4 is 21.6 Å². The van der Waals surface area contributed by atoms with Gasteiger partial charge in [0, 0.05) is 20.7 Å². The normalized spacial score (nSPS) is 11.8. The largest absolute Gasteiger partial charge is 0.380 e. The number of nitrogens with one attached hydrogen (secondary N) is 1. The van der Waals surface area contributed by atoms with E-state index in [2.05, 4.69) is 9.71 Å². The number of hydrogen-bond donors (Lipinski definition) is 1. The minimum atomic E-state index is -3.73. The summed E-state index contributed by atoms with van der Waals surface area (Å²) in [7, 11) is -0.476. The van der Waals surface area contributed by atoms with Gasteiger partial charge in [0.15, 0.2) is 0 Å². The zero-order valence-corrected chi connectivity index (χ0v) is 13.3. The number of ether oxygens (including phenoxy) is 1. The Morgan fingerprint density at radius 2 is 1.90 bits per heavy atom. The SMILES string of the molecule is COCc1ccc(CNS(=O)(=O)c2ncn(C)c2Cl)cc1. The Hall–Kier alpha value is -1.41. The second kappa shape index (κ2) is 6.57. The lowest BCUT2D eigenvalue weighted by atomic mass is 10.1. The molecular formula is C13H16ClN3O3S. The molecule has 0 unspecified atom stereocenters. The van der Waals surface area contributed by atoms with Crippen LogP contribution in [0.3, 0.4) is 0 Å². The van der Waals surface area contributed by atoms with Gasteiger partial charge >= 0.3 is 0 Å². The predicted molar refractivity (Wildman–Crippen MR) is 79.4 cm³/mol. The molecule has 1 heterocycles. The van der Waals surface area contributed by atoms with Crippen LogP contribution in [0, 0.1) is 0 Å². The van der Waals surface area contributed by atoms with Crippen LogP contribution in [-0.4, -0.2) is 25.1 Å². The number of hydrogen-bond acceptors (Lipinski definition) is 4. The molecule has 0 bridgehead atoms. The molecule has 0 atom stereocenters. The third-order valence-electron chi connectivity index (χ3n) is 2.89. The highest BCUT2D eigenvalue weighted by Crippen LogP contribution is 2.18. The summed E-state index contributed by atoms with van der Waals surface area (Å²) in [5.74, 6) is 0. The Labute approximate surface area is 128 Å². The molecule has 8 heteroatoms. The van der Waals surface area contributed by atoms with Crippen molar-refractivity contribution in [1.82, 2.24) is 14.3 Å². The van der Waals surface area contributed by atoms with E-state index in [0.717, 1.165) is 11.1 Å². The van der Waals surface area contributed by atoms with E-state index in [4.69, 9.17) is 16.3 Å². The Balaban J connectivity index is 2.06. The predicted octanol–water partition coefficient (Wildman–Crippen LogP) is 1.70. The number of aryl methyl sites for hydroxylation is 1. The molecule has 0 aliphatic rings. The Bertz CT molecular complexity index is 711. The van der Waals surface area contributed by atoms with E-state index in [1.165, 1.54) is 10.9 Å². The molecule has 1 aromatic carbocycles. The van der Waals surface area contributed by atoms with Crippen molar-refractivity contribution < 1.29 is 13.2 Å². The first-order valence-corrected chi connectivity index (χ1v) is 8.03. The van der Waals surface area contributed by atoms with Crippen LogP contribution >= 0.6 is 11.6 Å². The molecule has 0 radical (unpaired) electrons. The van der Waals surface area contributed by atoms with E-state index >= 15 is 0 Å². The molecule has 0 amide bonds. The number of rotatable bonds is 6. The molecule has 114 valence electrons. The third-order valence-corrected chi connectivity index (χ3v) is 4.78. The van der Waals surface area contributed by atoms with Crippen molar-refractivity contribution in [2.45, 2.75) is 18.2 Å². The highest BCUT2D eigenvalue weighted by atomic mass is 35.5. The second-order valence-electron chi connectivity index (χ2n) is 4.53. The van der Waals surface area contributed by atoms with E-state index in [1.807, 2.05) is 24.3 Å². The molecule has 1 aromatic heterocycles. The second-order valence-corrected chi connectivity index (χ2v) is 6.57. The first-order valence-electron chi connectivity index (χ1n) is 6.17. The van der Waals surface area contributed by atoms with Crippen molar-refractivity contribution in [1.29, 1.82) is 0 Å². The van der Waals surface area contributed by atoms with Crippen molar-refractivity contribution in [3.8, 4) is 0 Å². The quantitative estimate of drug-likeness (QED) is 0.875. The molecule has 0 spiro atoms. The molecule has 2 rings (SSSR count). The molecular weight excluding hydrogens is 314 g/mol. The summed E-state index contributed by atoms with van der Waals surface area (Å²) in [5, 5.41) is -0.0828. The fourth-order valence-corrected chi connectivity index (χ4v) is 3.18. The lowest BCUT2D eigenvalue weighted by Gasteiger charge is -2.06. The standard InChI is InChI=1S/C13H16ClN3O3S/c1-17-9-15-13(12(17)14)21(18,19)16-7-10-3-5-11(6-4-10)8-20-2/h3-6,9,16H,7-8H2,1-2H3. The summed E-state index contributed by atoms with van der Waals surface area (Å²) < 4.78 is 33.2. The minimum Gasteiger partial charge on any atom is -0.380 e. The number of methoxy groups -OCH3 is 1. The maximum atomic E-state index is 12.1. The number of nitrogens with zero attached hydrogens (tertiary/aromatic N) is 2. The van der Waals surface area contributed by atoms with E-state index in [1.54, 1.807) is 14.2 Å². The topological polar surface area (TPSA) is 73.2 Å². The van der Waals surface area contributed by atoms with Gasteiger partial charge in [-0.25, -0.2) is 18.1 Å². The van der Waals surface area contributed by atoms with Crippen LogP contribution in [-0.2, 0) is 35.0 Å². The molecule has 2 aromatic rings. The first-order chi connectivity index (χ1) is 9.94. The summed E-state index contributed by atoms with van der Waals surface area (Å²) in [5.41, 5.74) is 1.86. The lowest BCUT2D eigenvalue weighted by molar-refractivity contribution is 0.185. The van der Waals surface area contributed by atoms with Crippen LogP contribution in [0.25, 0.3) is 0 Å². The molecule has 21 heavy (non-hydrogen) atoms. The van der Waals surface area contributed by atoms with E-state index in [9.17, 15) is 8.42 Å². The van der Waals surface area contributed by atoms with Gasteiger partial charge in [-0.05, 0) is 11.1 Å². The van der Waals surface area contributed by atoms with Crippen molar-refractivity contribution in [2.24, 2.45) is 7.05 Å². The third kappa shape index (κ3) is 3.82. The average molecular weight is 330 g/mol. The average Bonchev–Trinajstić information content (AvgIpc) is 2.79. The van der Waals surface area contributed by atoms with Gasteiger partial charge in [0.1, 0.15) is 5.15 Å². The highest BCUT2D eigenvalue weighted by Gasteiger charge is 2.21. The lowest BCUT2D eigenvalue weighted by Crippen LogP contribution is -2.24. The summed E-state index contributed by atoms with van der Waals surface area (Å²) in [6, 6.07) is 7.47. The van der Waals surface area contributed by atoms with E-state index < -0.39 is 10.0 Å². The van der Waals surface area contributed by atoms with Crippen molar-refractivity contribution in [3.05, 3.63) is 46.9 Å². The van der Waals surface area contributed by atoms with Gasteiger partial charge in [0.2, 0.25) is 5.03 Å². The van der Waals surface area contributed by atoms with E-state index in [-0.39, 0.29) is 16.7 Å². The van der Waals surface area contributed by atoms with Gasteiger partial charge in [-0.2, -0.15) is 0 Å². The maximum absolute atomic E-state index is 12.1. The first kappa shape index (κ1) is 16.0. The Morgan fingerprint density at radius 3 is 2.43 bits per heavy atom. The fourth-order valence-electron chi connectivity index (χ4n) is 1.74. The van der Waals surface area contributed by atoms with Gasteiger partial charge in [-0.15, -0.1) is 0 Å². The van der Waals surface area contributed by atoms with Crippen molar-refractivity contribution in [3.63, 3.8) is 0 Å². The summed E-state index contributed by atoms with van der Waals surface area (Å²) in [6.07, 6.45) is 1.36. The molecule has 6 nitrogen and oxygen atoms in total. The molecule has 0 saturated heterocycles. The summed E-state index contributed by atoms with van der Waals surface area (Å²) in [6.45, 7) is 0.693. The molecule has 1 N–H and O–H groups in total. The monoisotopic (exact) mass is 329 g/mol. The van der Waals surface area contributed by atoms with Gasteiger partial charge in [0.25, 0.3) is 10.0 Å². The zero-order valence-electron chi connectivity index (χ0n) is 11.7. The molecule has 0 aliphatic carbocycles.